The van der Waals surface area contributed by atoms with Crippen LogP contribution in [0.1, 0.15) is 102 Å². The number of nitrogens with zero attached hydrogens (tertiary/aromatic N) is 8. The molecule has 0 saturated heterocycles. The Morgan fingerprint density at radius 3 is 1.19 bits per heavy atom. The second-order valence-electron chi connectivity index (χ2n) is 31.6. The number of para-hydroxylation sites is 4. The molecule has 0 radical (unpaired) electrons. The Morgan fingerprint density at radius 1 is 0.351 bits per heavy atom. The molecule has 0 aliphatic carbocycles. The van der Waals surface area contributed by atoms with Crippen molar-refractivity contribution in [3.8, 4) is 73.7 Å². The summed E-state index contributed by atoms with van der Waals surface area (Å²) in [4.78, 5) is 13.8. The maximum absolute atomic E-state index is 6.32. The molecule has 19 aromatic rings. The van der Waals surface area contributed by atoms with E-state index in [1.165, 1.54) is 122 Å². The zero-order valence-electron chi connectivity index (χ0n) is 66.9. The third kappa shape index (κ3) is 14.0. The van der Waals surface area contributed by atoms with Crippen LogP contribution in [-0.2, 0) is 30.9 Å². The van der Waals surface area contributed by atoms with Gasteiger partial charge < -0.3 is 27.3 Å². The van der Waals surface area contributed by atoms with Crippen molar-refractivity contribution in [3.05, 3.63) is 371 Å². The van der Waals surface area contributed by atoms with E-state index in [2.05, 4.69) is 347 Å². The Bertz CT molecular complexity index is 6540. The summed E-state index contributed by atoms with van der Waals surface area (Å²) in [6.45, 7) is 29.0. The number of furan rings is 1. The molecule has 10 heteroatoms. The van der Waals surface area contributed by atoms with Gasteiger partial charge in [-0.05, 0) is 196 Å². The van der Waals surface area contributed by atoms with Crippen molar-refractivity contribution in [2.45, 2.75) is 114 Å². The third-order valence-electron chi connectivity index (χ3n) is 23.0. The van der Waals surface area contributed by atoms with Crippen molar-refractivity contribution in [1.82, 2.24) is 37.8 Å². The Labute approximate surface area is 681 Å². The second kappa shape index (κ2) is 30.9. The van der Waals surface area contributed by atoms with Crippen LogP contribution in [0.4, 0.5) is 0 Å². The maximum Gasteiger partial charge on any atom is 3.00 e. The van der Waals surface area contributed by atoms with Gasteiger partial charge in [0.1, 0.15) is 11.2 Å². The zero-order valence-corrected chi connectivity index (χ0v) is 69.3. The van der Waals surface area contributed by atoms with Crippen LogP contribution in [-0.4, -0.2) is 37.8 Å². The molecule has 1 atom stereocenters. The summed E-state index contributed by atoms with van der Waals surface area (Å²) in [5.74, 6) is 2.77. The molecule has 0 aliphatic heterocycles. The van der Waals surface area contributed by atoms with Crippen molar-refractivity contribution in [2.75, 3.05) is 0 Å². The van der Waals surface area contributed by atoms with Crippen molar-refractivity contribution >= 4 is 65.6 Å². The molecule has 1 unspecified atom stereocenters. The van der Waals surface area contributed by atoms with E-state index in [1.807, 2.05) is 85.6 Å². The normalized spacial score (nSPS) is 12.1. The summed E-state index contributed by atoms with van der Waals surface area (Å²) in [6.07, 6.45) is 13.6. The topological polar surface area (TPSA) is 76.5 Å². The van der Waals surface area contributed by atoms with Crippen molar-refractivity contribution in [2.24, 2.45) is 0 Å². The molecule has 6 aromatic heterocycles. The number of hydrogen-bond acceptors (Lipinski definition) is 4. The second-order valence-corrected chi connectivity index (χ2v) is 31.6. The van der Waals surface area contributed by atoms with E-state index in [1.54, 1.807) is 0 Å². The first-order chi connectivity index (χ1) is 54.8. The predicted octanol–water partition coefficient (Wildman–Crippen LogP) is 26.6. The molecule has 19 rings (SSSR count). The van der Waals surface area contributed by atoms with Crippen molar-refractivity contribution in [1.29, 1.82) is 0 Å². The van der Waals surface area contributed by atoms with Crippen molar-refractivity contribution in [3.63, 3.8) is 0 Å². The molecule has 0 aliphatic rings. The van der Waals surface area contributed by atoms with E-state index in [0.717, 1.165) is 91.4 Å². The molecule has 0 saturated carbocycles. The quantitative estimate of drug-likeness (QED) is 0.102. The van der Waals surface area contributed by atoms with Gasteiger partial charge in [-0.25, -0.2) is 0 Å². The van der Waals surface area contributed by atoms with Gasteiger partial charge >= 0.3 is 20.1 Å². The van der Waals surface area contributed by atoms with Crippen LogP contribution < -0.4 is 0 Å². The van der Waals surface area contributed by atoms with E-state index >= 15 is 0 Å². The molecule has 0 spiro atoms. The fourth-order valence-corrected chi connectivity index (χ4v) is 18.0. The molecular formula is C104H91IrN8O. The van der Waals surface area contributed by atoms with Gasteiger partial charge in [-0.1, -0.05) is 172 Å². The van der Waals surface area contributed by atoms with Gasteiger partial charge in [0, 0.05) is 97.9 Å². The summed E-state index contributed by atoms with van der Waals surface area (Å²) in [6, 6.07) is 102. The van der Waals surface area contributed by atoms with E-state index < -0.39 is 0 Å². The minimum absolute atomic E-state index is 0. The van der Waals surface area contributed by atoms with Gasteiger partial charge in [-0.3, -0.25) is 15.0 Å². The minimum Gasteiger partial charge on any atom is -0.456 e. The molecule has 6 heterocycles. The first-order valence-corrected chi connectivity index (χ1v) is 39.2. The Kier molecular flexibility index (Phi) is 20.5. The van der Waals surface area contributed by atoms with Gasteiger partial charge in [-0.2, -0.15) is 0 Å². The van der Waals surface area contributed by atoms with Crippen LogP contribution in [0.2, 0.25) is 0 Å². The molecule has 13 aromatic carbocycles. The number of hydrogen-bond donors (Lipinski definition) is 0. The molecule has 114 heavy (non-hydrogen) atoms. The number of fused-ring (bicyclic) bond motifs is 9. The third-order valence-corrected chi connectivity index (χ3v) is 23.0. The van der Waals surface area contributed by atoms with Crippen LogP contribution in [0.3, 0.4) is 0 Å². The average Bonchev–Trinajstić information content (AvgIpc) is 1.56. The summed E-state index contributed by atoms with van der Waals surface area (Å²) >= 11 is 0. The van der Waals surface area contributed by atoms with Gasteiger partial charge in [0.2, 0.25) is 0 Å². The summed E-state index contributed by atoms with van der Waals surface area (Å²) < 4.78 is 17.8. The zero-order chi connectivity index (χ0) is 78.0. The SMILES string of the molecule is CCC(C)(CC(C)(C)c1ccc2c(c1)c1ccccc1n2-c1cc(-c2ccc3oc4ccccc4c3c2)cc(-n2c3ccccc3c3ccccc32)c1)c1c[c-]c(-c2nccn2-c2c(C)cc(C)cc2C)cc1.Cc1cc(C)c(-n2ccnc2-c2[c-]cccc2)c(C)c1.Cc1cc(C)c(-n2ccnc2-c2[c-]cccc2)c(C)c1.[Ir+3]. The van der Waals surface area contributed by atoms with Gasteiger partial charge in [-0.15, -0.1) is 107 Å². The van der Waals surface area contributed by atoms with E-state index in [9.17, 15) is 0 Å². The average molecular weight is 1660 g/mol. The van der Waals surface area contributed by atoms with Crippen LogP contribution in [0.25, 0.3) is 139 Å². The number of benzene rings is 13. The Morgan fingerprint density at radius 2 is 0.754 bits per heavy atom. The summed E-state index contributed by atoms with van der Waals surface area (Å²) in [5, 5.41) is 7.21. The van der Waals surface area contributed by atoms with Crippen LogP contribution >= 0.6 is 0 Å². The first kappa shape index (κ1) is 75.6. The number of aryl methyl sites for hydroxylation is 9. The summed E-state index contributed by atoms with van der Waals surface area (Å²) in [5.41, 5.74) is 31.4. The number of rotatable bonds is 14. The standard InChI is InChI=1S/C68H57N4O.2C18H17N2.Ir/c1-8-68(7,49-28-25-46(26-29-49)66-69-33-34-70(66)65-44(3)35-43(2)36-45(65)4)42-67(5,6)50-30-31-62-57(40-50)55-19-11-15-23-61(55)72(62)52-38-48(47-27-32-64-58(39-47)56-20-12-16-24-63(56)73-64)37-51(41-52)71-59-21-13-9-17-53(59)54-18-10-14-22-60(54)71;2*1-13-11-14(2)17(15(3)12-13)20-10-9-19-18(20)16-7-5-4-6-8-16;/h9-25,27-41H,8,42H2,1-7H3;2*4-7,9-12H,1-3H3;/q3*-1;+3. The number of aromatic nitrogens is 8. The van der Waals surface area contributed by atoms with Crippen LogP contribution in [0, 0.1) is 80.5 Å². The van der Waals surface area contributed by atoms with E-state index in [4.69, 9.17) is 9.40 Å². The molecule has 0 bridgehead atoms. The molecule has 9 nitrogen and oxygen atoms in total. The van der Waals surface area contributed by atoms with Gasteiger partial charge in [0.15, 0.2) is 0 Å². The molecular weight excluding hydrogens is 1570 g/mol. The summed E-state index contributed by atoms with van der Waals surface area (Å²) in [7, 11) is 0. The Balaban J connectivity index is 0.000000193. The largest absolute Gasteiger partial charge is 3.00 e. The number of imidazole rings is 3. The smallest absolute Gasteiger partial charge is 0.456 e. The van der Waals surface area contributed by atoms with Gasteiger partial charge in [0.25, 0.3) is 0 Å². The van der Waals surface area contributed by atoms with Crippen LogP contribution in [0.15, 0.2) is 296 Å². The fourth-order valence-electron chi connectivity index (χ4n) is 18.0. The van der Waals surface area contributed by atoms with Crippen LogP contribution in [0.5, 0.6) is 0 Å². The monoisotopic (exact) mass is 1660 g/mol. The molecule has 562 valence electrons. The molecule has 0 fully saturated rings. The predicted molar refractivity (Wildman–Crippen MR) is 469 cm³/mol. The van der Waals surface area contributed by atoms with E-state index in [-0.39, 0.29) is 30.9 Å². The minimum atomic E-state index is -0.156. The van der Waals surface area contributed by atoms with Crippen molar-refractivity contribution < 1.29 is 24.5 Å². The maximum atomic E-state index is 6.32. The Hall–Kier alpha value is -12.5. The first-order valence-electron chi connectivity index (χ1n) is 39.2. The molecule has 0 N–H and O–H groups in total. The fraction of sp³-hybridized carbons (Fsp3) is 0.163. The van der Waals surface area contributed by atoms with E-state index in [0.29, 0.717) is 0 Å². The van der Waals surface area contributed by atoms with Gasteiger partial charge in [0.05, 0.1) is 39.5 Å². The molecule has 0 amide bonds.